The quantitative estimate of drug-likeness (QED) is 0.732. The van der Waals surface area contributed by atoms with E-state index in [1.54, 1.807) is 13.8 Å². The van der Waals surface area contributed by atoms with E-state index in [1.807, 2.05) is 5.32 Å². The molecule has 0 fully saturated rings. The fourth-order valence-corrected chi connectivity index (χ4v) is 1.63. The number of carboxylic acid groups (broad SMARTS) is 1. The summed E-state index contributed by atoms with van der Waals surface area (Å²) in [6, 6.07) is -1.34. The summed E-state index contributed by atoms with van der Waals surface area (Å²) in [6.45, 7) is 3.35. The number of nitrogens with one attached hydrogen (secondary N) is 2. The van der Waals surface area contributed by atoms with Gasteiger partial charge in [0.05, 0.1) is 5.69 Å². The summed E-state index contributed by atoms with van der Waals surface area (Å²) in [7, 11) is 0. The molecular formula is C13H15F3N2O3. The molecule has 2 amide bonds. The fraction of sp³-hybridized carbons (Fsp3) is 0.385. The van der Waals surface area contributed by atoms with Crippen LogP contribution in [0, 0.1) is 23.4 Å². The number of amides is 2. The average Bonchev–Trinajstić information content (AvgIpc) is 2.40. The fourth-order valence-electron chi connectivity index (χ4n) is 1.63. The maximum Gasteiger partial charge on any atom is 0.326 e. The Morgan fingerprint density at radius 3 is 2.43 bits per heavy atom. The van der Waals surface area contributed by atoms with Gasteiger partial charge in [-0.15, -0.1) is 0 Å². The van der Waals surface area contributed by atoms with Gasteiger partial charge in [0.2, 0.25) is 0 Å². The summed E-state index contributed by atoms with van der Waals surface area (Å²) >= 11 is 0. The van der Waals surface area contributed by atoms with Gasteiger partial charge in [-0.3, -0.25) is 0 Å². The lowest BCUT2D eigenvalue weighted by atomic mass is 9.99. The molecule has 116 valence electrons. The van der Waals surface area contributed by atoms with E-state index in [4.69, 9.17) is 5.11 Å². The highest BCUT2D eigenvalue weighted by atomic mass is 19.2. The second kappa shape index (κ2) is 6.96. The number of benzene rings is 1. The smallest absolute Gasteiger partial charge is 0.326 e. The molecule has 1 aromatic rings. The third-order valence-electron chi connectivity index (χ3n) is 3.01. The Morgan fingerprint density at radius 2 is 1.90 bits per heavy atom. The Kier molecular flexibility index (Phi) is 5.57. The van der Waals surface area contributed by atoms with Crippen molar-refractivity contribution in [3.05, 3.63) is 29.6 Å². The van der Waals surface area contributed by atoms with E-state index >= 15 is 0 Å². The third-order valence-corrected chi connectivity index (χ3v) is 3.01. The maximum absolute atomic E-state index is 13.4. The van der Waals surface area contributed by atoms with Crippen molar-refractivity contribution in [3.8, 4) is 0 Å². The molecule has 1 rings (SSSR count). The van der Waals surface area contributed by atoms with Gasteiger partial charge >= 0.3 is 12.0 Å². The van der Waals surface area contributed by atoms with Gasteiger partial charge in [-0.05, 0) is 5.92 Å². The van der Waals surface area contributed by atoms with Crippen LogP contribution in [0.3, 0.4) is 0 Å². The molecular weight excluding hydrogens is 289 g/mol. The SMILES string of the molecule is CCC(C)[C@H](NC(=O)Nc1cc(F)cc(F)c1F)C(=O)O. The van der Waals surface area contributed by atoms with Gasteiger partial charge < -0.3 is 15.7 Å². The van der Waals surface area contributed by atoms with E-state index in [2.05, 4.69) is 5.32 Å². The highest BCUT2D eigenvalue weighted by molar-refractivity contribution is 5.92. The zero-order chi connectivity index (χ0) is 16.2. The average molecular weight is 304 g/mol. The van der Waals surface area contributed by atoms with Crippen LogP contribution in [0.5, 0.6) is 0 Å². The molecule has 0 aromatic heterocycles. The molecule has 2 atom stereocenters. The normalized spacial score (nSPS) is 13.4. The molecule has 0 saturated heterocycles. The zero-order valence-electron chi connectivity index (χ0n) is 11.4. The van der Waals surface area contributed by atoms with E-state index in [0.29, 0.717) is 18.6 Å². The van der Waals surface area contributed by atoms with Crippen molar-refractivity contribution < 1.29 is 27.9 Å². The van der Waals surface area contributed by atoms with Crippen LogP contribution in [-0.4, -0.2) is 23.1 Å². The molecule has 1 aromatic carbocycles. The Bertz CT molecular complexity index is 552. The van der Waals surface area contributed by atoms with E-state index in [0.717, 1.165) is 0 Å². The summed E-state index contributed by atoms with van der Waals surface area (Å²) in [5.74, 6) is -5.59. The number of carbonyl (C=O) groups is 2. The number of hydrogen-bond acceptors (Lipinski definition) is 2. The molecule has 0 aliphatic carbocycles. The Labute approximate surface area is 119 Å². The maximum atomic E-state index is 13.4. The first-order valence-electron chi connectivity index (χ1n) is 6.21. The van der Waals surface area contributed by atoms with Crippen molar-refractivity contribution in [2.45, 2.75) is 26.3 Å². The predicted octanol–water partition coefficient (Wildman–Crippen LogP) is 2.72. The first-order chi connectivity index (χ1) is 9.76. The van der Waals surface area contributed by atoms with Gasteiger partial charge in [-0.2, -0.15) is 0 Å². The van der Waals surface area contributed by atoms with Crippen molar-refractivity contribution in [1.29, 1.82) is 0 Å². The minimum absolute atomic E-state index is 0.331. The van der Waals surface area contributed by atoms with E-state index < -0.39 is 41.2 Å². The summed E-state index contributed by atoms with van der Waals surface area (Å²) in [4.78, 5) is 22.7. The zero-order valence-corrected chi connectivity index (χ0v) is 11.4. The summed E-state index contributed by atoms with van der Waals surface area (Å²) in [5.41, 5.74) is -0.710. The molecule has 3 N–H and O–H groups in total. The second-order valence-electron chi connectivity index (χ2n) is 4.55. The number of carbonyl (C=O) groups excluding carboxylic acids is 1. The molecule has 0 heterocycles. The number of halogens is 3. The summed E-state index contributed by atoms with van der Waals surface area (Å²) in [6.07, 6.45) is 0.486. The lowest BCUT2D eigenvalue weighted by Gasteiger charge is -2.20. The van der Waals surface area contributed by atoms with Gasteiger partial charge in [0.15, 0.2) is 11.6 Å². The van der Waals surface area contributed by atoms with Crippen molar-refractivity contribution in [1.82, 2.24) is 5.32 Å². The van der Waals surface area contributed by atoms with Gasteiger partial charge in [0, 0.05) is 12.1 Å². The number of aliphatic carboxylic acids is 1. The molecule has 1 unspecified atom stereocenters. The number of urea groups is 1. The molecule has 0 bridgehead atoms. The number of hydrogen-bond donors (Lipinski definition) is 3. The highest BCUT2D eigenvalue weighted by Crippen LogP contribution is 2.19. The topological polar surface area (TPSA) is 78.4 Å². The minimum atomic E-state index is -1.46. The highest BCUT2D eigenvalue weighted by Gasteiger charge is 2.25. The van der Waals surface area contributed by atoms with Crippen LogP contribution in [0.15, 0.2) is 12.1 Å². The van der Waals surface area contributed by atoms with Crippen molar-refractivity contribution in [3.63, 3.8) is 0 Å². The second-order valence-corrected chi connectivity index (χ2v) is 4.55. The van der Waals surface area contributed by atoms with Crippen LogP contribution in [-0.2, 0) is 4.79 Å². The van der Waals surface area contributed by atoms with Gasteiger partial charge in [-0.25, -0.2) is 22.8 Å². The predicted molar refractivity (Wildman–Crippen MR) is 69.3 cm³/mol. The van der Waals surface area contributed by atoms with E-state index in [9.17, 15) is 22.8 Å². The van der Waals surface area contributed by atoms with Gasteiger partial charge in [-0.1, -0.05) is 20.3 Å². The van der Waals surface area contributed by atoms with E-state index in [1.165, 1.54) is 0 Å². The minimum Gasteiger partial charge on any atom is -0.480 e. The number of rotatable bonds is 5. The molecule has 0 aliphatic heterocycles. The number of anilines is 1. The first kappa shape index (κ1) is 16.8. The van der Waals surface area contributed by atoms with Crippen molar-refractivity contribution >= 4 is 17.7 Å². The molecule has 5 nitrogen and oxygen atoms in total. The summed E-state index contributed by atoms with van der Waals surface area (Å²) < 4.78 is 39.3. The van der Waals surface area contributed by atoms with Crippen LogP contribution in [0.25, 0.3) is 0 Å². The Morgan fingerprint density at radius 1 is 1.29 bits per heavy atom. The van der Waals surface area contributed by atoms with Crippen LogP contribution in [0.1, 0.15) is 20.3 Å². The van der Waals surface area contributed by atoms with E-state index in [-0.39, 0.29) is 5.92 Å². The largest absolute Gasteiger partial charge is 0.480 e. The molecule has 0 aliphatic rings. The van der Waals surface area contributed by atoms with Crippen molar-refractivity contribution in [2.24, 2.45) is 5.92 Å². The van der Waals surface area contributed by atoms with Gasteiger partial charge in [0.25, 0.3) is 0 Å². The molecule has 0 radical (unpaired) electrons. The third kappa shape index (κ3) is 4.37. The standard InChI is InChI=1S/C13H15F3N2O3/c1-3-6(2)11(12(19)20)18-13(21)17-9-5-7(14)4-8(15)10(9)16/h4-6,11H,3H2,1-2H3,(H,19,20)(H2,17,18,21)/t6?,11-/m0/s1. The van der Waals surface area contributed by atoms with Crippen LogP contribution in [0.2, 0.25) is 0 Å². The Hall–Kier alpha value is -2.25. The van der Waals surface area contributed by atoms with Crippen LogP contribution < -0.4 is 10.6 Å². The number of carboxylic acids is 1. The molecule has 21 heavy (non-hydrogen) atoms. The lowest BCUT2D eigenvalue weighted by molar-refractivity contribution is -0.140. The van der Waals surface area contributed by atoms with Crippen LogP contribution >= 0.6 is 0 Å². The molecule has 0 saturated carbocycles. The van der Waals surface area contributed by atoms with Crippen molar-refractivity contribution in [2.75, 3.05) is 5.32 Å². The van der Waals surface area contributed by atoms with Gasteiger partial charge in [0.1, 0.15) is 11.9 Å². The molecule has 8 heteroatoms. The Balaban J connectivity index is 2.84. The monoisotopic (exact) mass is 304 g/mol. The first-order valence-corrected chi connectivity index (χ1v) is 6.21. The lowest BCUT2D eigenvalue weighted by Crippen LogP contribution is -2.46. The van der Waals surface area contributed by atoms with Crippen LogP contribution in [0.4, 0.5) is 23.7 Å². The summed E-state index contributed by atoms with van der Waals surface area (Å²) in [5, 5.41) is 13.0. The molecule has 0 spiro atoms.